The number of anilines is 1. The van der Waals surface area contributed by atoms with Gasteiger partial charge in [-0.25, -0.2) is 8.42 Å². The fourth-order valence-corrected chi connectivity index (χ4v) is 1.77. The van der Waals surface area contributed by atoms with Gasteiger partial charge < -0.3 is 5.11 Å². The molecule has 0 aliphatic heterocycles. The molecule has 0 amide bonds. The van der Waals surface area contributed by atoms with Crippen molar-refractivity contribution in [2.75, 3.05) is 17.5 Å². The lowest BCUT2D eigenvalue weighted by atomic mass is 10.1. The van der Waals surface area contributed by atoms with E-state index in [0.717, 1.165) is 6.26 Å². The molecule has 1 aromatic rings. The van der Waals surface area contributed by atoms with Gasteiger partial charge in [-0.15, -0.1) is 0 Å². The zero-order valence-electron chi connectivity index (χ0n) is 9.11. The topological polar surface area (TPSA) is 115 Å². The zero-order chi connectivity index (χ0) is 12.9. The second kappa shape index (κ2) is 5.53. The van der Waals surface area contributed by atoms with Gasteiger partial charge in [-0.3, -0.25) is 4.72 Å². The number of hydrogen-bond donors (Lipinski definition) is 2. The van der Waals surface area contributed by atoms with Crippen molar-refractivity contribution in [1.29, 1.82) is 0 Å². The molecule has 2 N–H and O–H groups in total. The van der Waals surface area contributed by atoms with Gasteiger partial charge in [0.15, 0.2) is 0 Å². The molecule has 0 heterocycles. The van der Waals surface area contributed by atoms with Gasteiger partial charge in [0.25, 0.3) is 0 Å². The molecule has 0 fully saturated rings. The second-order valence-electron chi connectivity index (χ2n) is 3.43. The lowest BCUT2D eigenvalue weighted by Crippen LogP contribution is -2.09. The molecule has 1 unspecified atom stereocenters. The third kappa shape index (κ3) is 4.73. The molecule has 8 heteroatoms. The summed E-state index contributed by atoms with van der Waals surface area (Å²) in [4.78, 5) is 2.54. The van der Waals surface area contributed by atoms with Crippen LogP contribution in [0.15, 0.2) is 29.4 Å². The Morgan fingerprint density at radius 1 is 1.47 bits per heavy atom. The third-order valence-corrected chi connectivity index (χ3v) is 2.52. The molecular formula is C9H12N4O3S. The van der Waals surface area contributed by atoms with Gasteiger partial charge >= 0.3 is 0 Å². The number of sulfonamides is 1. The Labute approximate surface area is 98.8 Å². The first-order valence-electron chi connectivity index (χ1n) is 4.69. The van der Waals surface area contributed by atoms with E-state index in [9.17, 15) is 13.5 Å². The van der Waals surface area contributed by atoms with E-state index in [-0.39, 0.29) is 6.54 Å². The largest absolute Gasteiger partial charge is 0.388 e. The molecule has 0 saturated heterocycles. The minimum atomic E-state index is -3.30. The molecule has 92 valence electrons. The molecule has 0 bridgehead atoms. The van der Waals surface area contributed by atoms with Crippen LogP contribution >= 0.6 is 0 Å². The van der Waals surface area contributed by atoms with Gasteiger partial charge in [0.05, 0.1) is 18.9 Å². The van der Waals surface area contributed by atoms with E-state index in [1.807, 2.05) is 0 Å². The van der Waals surface area contributed by atoms with Crippen LogP contribution in [0.1, 0.15) is 11.7 Å². The number of aliphatic hydroxyl groups is 1. The normalized spacial score (nSPS) is 12.6. The molecule has 1 rings (SSSR count). The molecule has 0 aromatic heterocycles. The molecule has 0 spiro atoms. The quantitative estimate of drug-likeness (QED) is 0.471. The van der Waals surface area contributed by atoms with E-state index >= 15 is 0 Å². The average molecular weight is 256 g/mol. The molecule has 0 saturated carbocycles. The average Bonchev–Trinajstić information content (AvgIpc) is 2.24. The predicted octanol–water partition coefficient (Wildman–Crippen LogP) is 1.40. The van der Waals surface area contributed by atoms with Crippen LogP contribution in [-0.2, 0) is 10.0 Å². The van der Waals surface area contributed by atoms with Gasteiger partial charge in [0, 0.05) is 10.6 Å². The lowest BCUT2D eigenvalue weighted by molar-refractivity contribution is 0.187. The van der Waals surface area contributed by atoms with E-state index in [1.165, 1.54) is 12.1 Å². The number of hydrogen-bond acceptors (Lipinski definition) is 4. The first-order valence-corrected chi connectivity index (χ1v) is 6.58. The molecule has 1 atom stereocenters. The summed E-state index contributed by atoms with van der Waals surface area (Å²) in [7, 11) is -3.30. The van der Waals surface area contributed by atoms with Crippen molar-refractivity contribution in [2.45, 2.75) is 6.10 Å². The van der Waals surface area contributed by atoms with E-state index in [2.05, 4.69) is 14.7 Å². The summed E-state index contributed by atoms with van der Waals surface area (Å²) in [6.07, 6.45) is 0.162. The number of azide groups is 1. The van der Waals surface area contributed by atoms with E-state index < -0.39 is 16.1 Å². The monoisotopic (exact) mass is 256 g/mol. The Morgan fingerprint density at radius 3 is 2.53 bits per heavy atom. The zero-order valence-corrected chi connectivity index (χ0v) is 9.92. The Bertz CT molecular complexity index is 520. The molecular weight excluding hydrogens is 244 g/mol. The van der Waals surface area contributed by atoms with Gasteiger partial charge in [0.2, 0.25) is 10.0 Å². The number of nitrogens with one attached hydrogen (secondary N) is 1. The van der Waals surface area contributed by atoms with Gasteiger partial charge in [-0.1, -0.05) is 17.2 Å². The van der Waals surface area contributed by atoms with E-state index in [1.54, 1.807) is 12.1 Å². The van der Waals surface area contributed by atoms with Crippen LogP contribution in [0.4, 0.5) is 5.69 Å². The molecule has 1 aromatic carbocycles. The molecule has 17 heavy (non-hydrogen) atoms. The minimum Gasteiger partial charge on any atom is -0.388 e. The summed E-state index contributed by atoms with van der Waals surface area (Å²) >= 11 is 0. The van der Waals surface area contributed by atoms with E-state index in [0.29, 0.717) is 11.3 Å². The number of aliphatic hydroxyl groups excluding tert-OH is 1. The third-order valence-electron chi connectivity index (χ3n) is 1.92. The van der Waals surface area contributed by atoms with Crippen LogP contribution in [0.5, 0.6) is 0 Å². The highest BCUT2D eigenvalue weighted by Gasteiger charge is 2.07. The number of benzene rings is 1. The van der Waals surface area contributed by atoms with Crippen molar-refractivity contribution in [1.82, 2.24) is 0 Å². The highest BCUT2D eigenvalue weighted by molar-refractivity contribution is 7.92. The Balaban J connectivity index is 2.77. The molecule has 0 aliphatic rings. The molecule has 7 nitrogen and oxygen atoms in total. The van der Waals surface area contributed by atoms with Crippen molar-refractivity contribution in [3.05, 3.63) is 40.3 Å². The Kier molecular flexibility index (Phi) is 4.33. The maximum atomic E-state index is 10.9. The van der Waals surface area contributed by atoms with Crippen LogP contribution < -0.4 is 4.72 Å². The number of nitrogens with zero attached hydrogens (tertiary/aromatic N) is 3. The summed E-state index contributed by atoms with van der Waals surface area (Å²) in [5.41, 5.74) is 9.07. The smallest absolute Gasteiger partial charge is 0.229 e. The van der Waals surface area contributed by atoms with Crippen molar-refractivity contribution < 1.29 is 13.5 Å². The second-order valence-corrected chi connectivity index (χ2v) is 5.17. The van der Waals surface area contributed by atoms with Crippen molar-refractivity contribution >= 4 is 15.7 Å². The van der Waals surface area contributed by atoms with Gasteiger partial charge in [-0.05, 0) is 23.2 Å². The first-order chi connectivity index (χ1) is 7.92. The van der Waals surface area contributed by atoms with E-state index in [4.69, 9.17) is 5.53 Å². The maximum absolute atomic E-state index is 10.9. The summed E-state index contributed by atoms with van der Waals surface area (Å²) < 4.78 is 24.2. The van der Waals surface area contributed by atoms with Gasteiger partial charge in [0.1, 0.15) is 0 Å². The molecule has 0 aliphatic carbocycles. The highest BCUT2D eigenvalue weighted by atomic mass is 32.2. The summed E-state index contributed by atoms with van der Waals surface area (Å²) in [5, 5.41) is 12.8. The Morgan fingerprint density at radius 2 is 2.06 bits per heavy atom. The van der Waals surface area contributed by atoms with Crippen LogP contribution in [0.2, 0.25) is 0 Å². The van der Waals surface area contributed by atoms with Crippen LogP contribution in [-0.4, -0.2) is 26.3 Å². The standard InChI is InChI=1S/C9H12N4O3S/c1-17(15,16)12-8-4-2-7(3-5-8)9(14)6-11-13-10/h2-5,9,12,14H,6H2,1H3. The summed E-state index contributed by atoms with van der Waals surface area (Å²) in [6.45, 7) is -0.0602. The summed E-state index contributed by atoms with van der Waals surface area (Å²) in [6, 6.07) is 6.17. The lowest BCUT2D eigenvalue weighted by Gasteiger charge is -2.09. The predicted molar refractivity (Wildman–Crippen MR) is 63.9 cm³/mol. The van der Waals surface area contributed by atoms with Crippen molar-refractivity contribution in [2.24, 2.45) is 5.11 Å². The van der Waals surface area contributed by atoms with Crippen LogP contribution in [0, 0.1) is 0 Å². The first kappa shape index (κ1) is 13.3. The van der Waals surface area contributed by atoms with Crippen molar-refractivity contribution in [3.63, 3.8) is 0 Å². The van der Waals surface area contributed by atoms with Crippen LogP contribution in [0.3, 0.4) is 0 Å². The Hall–Kier alpha value is -1.76. The van der Waals surface area contributed by atoms with Gasteiger partial charge in [-0.2, -0.15) is 0 Å². The fourth-order valence-electron chi connectivity index (χ4n) is 1.21. The summed E-state index contributed by atoms with van der Waals surface area (Å²) in [5.74, 6) is 0. The minimum absolute atomic E-state index is 0.0602. The highest BCUT2D eigenvalue weighted by Crippen LogP contribution is 2.17. The van der Waals surface area contributed by atoms with Crippen molar-refractivity contribution in [3.8, 4) is 0 Å². The van der Waals surface area contributed by atoms with Crippen LogP contribution in [0.25, 0.3) is 10.4 Å². The SMILES string of the molecule is CS(=O)(=O)Nc1ccc(C(O)CN=[N+]=[N-])cc1. The maximum Gasteiger partial charge on any atom is 0.229 e. The molecule has 0 radical (unpaired) electrons. The fraction of sp³-hybridized carbons (Fsp3) is 0.333. The number of rotatable bonds is 5.